The molecule has 0 bridgehead atoms. The average molecular weight is 414 g/mol. The normalized spacial score (nSPS) is 138. The van der Waals surface area contributed by atoms with Gasteiger partial charge in [0.25, 0.3) is 0 Å². The van der Waals surface area contributed by atoms with E-state index in [2.05, 4.69) is 28.0 Å². The van der Waals surface area contributed by atoms with E-state index < -0.39 is 7.72 Å². The molecule has 5 unspecified atom stereocenters. The van der Waals surface area contributed by atoms with Gasteiger partial charge in [0.2, 0.25) is 0 Å². The summed E-state index contributed by atoms with van der Waals surface area (Å²) >= 11 is 4.82. The Balaban J connectivity index is 1.88. The molecule has 10 rings (SSSR count). The average Bonchev–Trinajstić information content (AvgIpc) is 3.14. The molecule has 0 saturated carbocycles. The molecule has 0 radical (unpaired) electrons. The van der Waals surface area contributed by atoms with Gasteiger partial charge in [0.1, 0.15) is 0 Å². The molecule has 1 nitrogen and oxygen atoms in total. The number of hydrogen-bond acceptors (Lipinski definition) is 2. The van der Waals surface area contributed by atoms with Crippen molar-refractivity contribution in [2.45, 2.75) is 41.5 Å². The number of hydrogen-bond donors (Lipinski definition) is 0. The molecule has 0 aromatic rings. The van der Waals surface area contributed by atoms with Crippen LogP contribution >= 0.6 is 34.4 Å². The van der Waals surface area contributed by atoms with Crippen molar-refractivity contribution in [3.63, 3.8) is 0 Å². The molecule has 78 valence electrons. The number of fused-ring (bicyclic) bond motifs is 10. The molecule has 1 spiro atoms. The van der Waals surface area contributed by atoms with Gasteiger partial charge in [-0.2, -0.15) is 0 Å². The predicted octanol–water partition coefficient (Wildman–Crippen LogP) is 3.84. The topological polar surface area (TPSA) is 23.8 Å². The second kappa shape index (κ2) is 0.432. The second-order valence-electron chi connectivity index (χ2n) is 9.79. The van der Waals surface area contributed by atoms with E-state index in [9.17, 15) is 5.26 Å². The van der Waals surface area contributed by atoms with Crippen LogP contribution in [-0.2, 0) is 7.72 Å². The Morgan fingerprint density at radius 1 is 1.07 bits per heavy atom. The number of nitriles is 1. The van der Waals surface area contributed by atoms with E-state index >= 15 is 0 Å². The zero-order valence-corrected chi connectivity index (χ0v) is 12.4. The van der Waals surface area contributed by atoms with Crippen molar-refractivity contribution >= 4 is 34.4 Å². The Labute approximate surface area is 93.2 Å². The van der Waals surface area contributed by atoms with Gasteiger partial charge in [0, 0.05) is 0 Å². The standard InChI is InChI=1S/C6H3INS.C5H5.Ru/c7-5-2-1-3-6(5)9-4-8;1-2-4-5-3-1;/h1-3H;1-5H;. The third kappa shape index (κ3) is 0.0491. The van der Waals surface area contributed by atoms with Crippen molar-refractivity contribution in [2.24, 2.45) is 0 Å². The van der Waals surface area contributed by atoms with Gasteiger partial charge < -0.3 is 0 Å². The zero-order valence-electron chi connectivity index (χ0n) is 7.71. The second-order valence-corrected chi connectivity index (χ2v) is 51.2. The maximum absolute atomic E-state index is 9.26. The molecule has 10 aliphatic rings. The van der Waals surface area contributed by atoms with E-state index in [1.165, 1.54) is 36.1 Å². The first-order valence-corrected chi connectivity index (χ1v) is 17.6. The Bertz CT molecular complexity index is 982. The summed E-state index contributed by atoms with van der Waals surface area (Å²) < 4.78 is 12.5. The van der Waals surface area contributed by atoms with Crippen LogP contribution in [0.3, 0.4) is 0 Å². The molecule has 10 heterocycles. The minimum absolute atomic E-state index is 0.742. The van der Waals surface area contributed by atoms with Crippen molar-refractivity contribution < 1.29 is 7.72 Å². The summed E-state index contributed by atoms with van der Waals surface area (Å²) in [7, 11) is -3.26. The van der Waals surface area contributed by atoms with Crippen LogP contribution in [0.4, 0.5) is 0 Å². The van der Waals surface area contributed by atoms with Crippen LogP contribution in [0.5, 0.6) is 0 Å². The van der Waals surface area contributed by atoms with Gasteiger partial charge in [-0.3, -0.25) is 0 Å². The van der Waals surface area contributed by atoms with Gasteiger partial charge >= 0.3 is 94.2 Å². The zero-order chi connectivity index (χ0) is 9.35. The van der Waals surface area contributed by atoms with Crippen molar-refractivity contribution in [1.29, 1.82) is 5.26 Å². The molecule has 10 saturated heterocycles. The summed E-state index contributed by atoms with van der Waals surface area (Å²) in [6, 6.07) is 0. The summed E-state index contributed by atoms with van der Waals surface area (Å²) in [5.41, 5.74) is 0. The molecule has 15 heavy (non-hydrogen) atoms. The third-order valence-electron chi connectivity index (χ3n) is 14.7. The van der Waals surface area contributed by atoms with Crippen LogP contribution in [0.15, 0.2) is 0 Å². The van der Waals surface area contributed by atoms with Crippen LogP contribution in [0, 0.1) is 10.7 Å². The van der Waals surface area contributed by atoms with Gasteiger partial charge in [-0.1, -0.05) is 0 Å². The molecule has 10 fully saturated rings. The summed E-state index contributed by atoms with van der Waals surface area (Å²) in [6.07, 6.45) is 0. The SMILES string of the molecule is N#CS[C]12[CH]3[CH]4[CH]5[C]1(I)[Ru]45321678[CH]2[CH]1[CH]6[CH]7[CH]28. The van der Waals surface area contributed by atoms with Gasteiger partial charge in [-0.25, -0.2) is 0 Å². The quantitative estimate of drug-likeness (QED) is 0.282. The molecule has 0 amide bonds. The molecular weight excluding hydrogens is 406 g/mol. The van der Waals surface area contributed by atoms with Crippen LogP contribution in [0.1, 0.15) is 0 Å². The molecule has 0 aromatic heterocycles. The van der Waals surface area contributed by atoms with E-state index in [1.807, 2.05) is 11.8 Å². The molecule has 4 heteroatoms. The fraction of sp³-hybridized carbons (Fsp3) is 0.909. The van der Waals surface area contributed by atoms with Crippen LogP contribution in [-0.4, -0.2) is 5.36 Å². The van der Waals surface area contributed by atoms with E-state index in [-0.39, 0.29) is 0 Å². The number of rotatable bonds is 1. The monoisotopic (exact) mass is 415 g/mol. The van der Waals surface area contributed by atoms with Crippen molar-refractivity contribution in [2.75, 3.05) is 0 Å². The van der Waals surface area contributed by atoms with Gasteiger partial charge in [0.05, 0.1) is 0 Å². The fourth-order valence-corrected chi connectivity index (χ4v) is 185. The van der Waals surface area contributed by atoms with E-state index in [4.69, 9.17) is 0 Å². The number of thiocyanates is 1. The Morgan fingerprint density at radius 3 is 1.87 bits per heavy atom. The number of halogens is 1. The predicted molar refractivity (Wildman–Crippen MR) is 62.7 cm³/mol. The summed E-state index contributed by atoms with van der Waals surface area (Å²) in [6.45, 7) is 0. The first-order chi connectivity index (χ1) is 7.00. The minimum atomic E-state index is -3.26. The number of thioether (sulfide) groups is 1. The molecule has 0 aromatic carbocycles. The summed E-state index contributed by atoms with van der Waals surface area (Å²) in [5.74, 6) is 0. The van der Waals surface area contributed by atoms with Crippen LogP contribution < -0.4 is 0 Å². The number of nitrogens with zero attached hydrogens (tertiary/aromatic N) is 1. The Hall–Kier alpha value is 1.19. The Kier molecular flexibility index (Phi) is 0.170. The summed E-state index contributed by atoms with van der Waals surface area (Å²) in [4.78, 5) is 0. The third-order valence-corrected chi connectivity index (χ3v) is 102. The van der Waals surface area contributed by atoms with Crippen molar-refractivity contribution in [3.05, 3.63) is 0 Å². The van der Waals surface area contributed by atoms with E-state index in [1.54, 1.807) is 0 Å². The number of alkyl halides is 1. The first-order valence-electron chi connectivity index (χ1n) is 5.97. The molecule has 5 atom stereocenters. The van der Waals surface area contributed by atoms with Gasteiger partial charge in [-0.15, -0.1) is 0 Å². The van der Waals surface area contributed by atoms with Crippen molar-refractivity contribution in [1.82, 2.24) is 0 Å². The fourth-order valence-electron chi connectivity index (χ4n) is 16.3. The summed E-state index contributed by atoms with van der Waals surface area (Å²) in [5, 5.41) is 11.8. The van der Waals surface area contributed by atoms with Crippen LogP contribution in [0.25, 0.3) is 0 Å². The molecule has 10 aliphatic heterocycles. The van der Waals surface area contributed by atoms with Gasteiger partial charge in [0.15, 0.2) is 0 Å². The molecular formula is C11H8INRuS. The van der Waals surface area contributed by atoms with E-state index in [0.717, 1.165) is 5.36 Å². The van der Waals surface area contributed by atoms with Crippen LogP contribution in [0.2, 0.25) is 36.1 Å². The van der Waals surface area contributed by atoms with Crippen molar-refractivity contribution in [3.8, 4) is 5.40 Å². The van der Waals surface area contributed by atoms with Gasteiger partial charge in [-0.05, 0) is 0 Å². The van der Waals surface area contributed by atoms with E-state index in [0.29, 0.717) is 0 Å². The maximum atomic E-state index is 9.26. The first kappa shape index (κ1) is 5.89. The molecule has 0 aliphatic carbocycles. The molecule has 0 N–H and O–H groups in total. The Morgan fingerprint density at radius 2 is 1.67 bits per heavy atom.